The van der Waals surface area contributed by atoms with Crippen molar-refractivity contribution in [1.29, 1.82) is 0 Å². The molecule has 3 aliphatic rings. The lowest BCUT2D eigenvalue weighted by atomic mass is 9.85. The van der Waals surface area contributed by atoms with E-state index in [0.29, 0.717) is 5.82 Å². The fraction of sp³-hybridized carbons (Fsp3) is 0.500. The molecule has 7 heteroatoms. The summed E-state index contributed by atoms with van der Waals surface area (Å²) in [6.07, 6.45) is 5.13. The number of hydrogen-bond donors (Lipinski definition) is 2. The number of carbonyl (C=O) groups is 3. The summed E-state index contributed by atoms with van der Waals surface area (Å²) < 4.78 is 0. The Labute approximate surface area is 133 Å². The molecule has 1 aliphatic heterocycles. The number of H-pyrrole nitrogens is 1. The Balaban J connectivity index is 1.37. The third-order valence-corrected chi connectivity index (χ3v) is 5.10. The summed E-state index contributed by atoms with van der Waals surface area (Å²) in [7, 11) is 0. The van der Waals surface area contributed by atoms with E-state index in [4.69, 9.17) is 0 Å². The molecule has 2 N–H and O–H groups in total. The molecule has 0 spiro atoms. The largest absolute Gasteiger partial charge is 0.309 e. The number of fused-ring (bicyclic) bond motifs is 5. The van der Waals surface area contributed by atoms with Crippen molar-refractivity contribution in [3.05, 3.63) is 23.9 Å². The van der Waals surface area contributed by atoms with Crippen molar-refractivity contribution >= 4 is 23.5 Å². The topological polar surface area (TPSA) is 95.2 Å². The molecule has 3 amide bonds. The first kappa shape index (κ1) is 14.2. The number of aromatic nitrogens is 2. The van der Waals surface area contributed by atoms with Gasteiger partial charge in [-0.25, -0.2) is 0 Å². The molecule has 2 bridgehead atoms. The third-order valence-electron chi connectivity index (χ3n) is 5.10. The number of allylic oxidation sites excluding steroid dienone is 2. The average Bonchev–Trinajstić information content (AvgIpc) is 3.25. The summed E-state index contributed by atoms with van der Waals surface area (Å²) in [4.78, 5) is 38.2. The number of nitrogens with one attached hydrogen (secondary N) is 2. The van der Waals surface area contributed by atoms with E-state index in [1.54, 1.807) is 6.07 Å². The minimum absolute atomic E-state index is 0.0889. The maximum atomic E-state index is 12.5. The van der Waals surface area contributed by atoms with Gasteiger partial charge in [-0.3, -0.25) is 24.4 Å². The van der Waals surface area contributed by atoms with Gasteiger partial charge in [0.2, 0.25) is 17.7 Å². The Hall–Kier alpha value is -2.44. The number of anilines is 1. The molecular formula is C16H18N4O3. The Kier molecular flexibility index (Phi) is 3.11. The van der Waals surface area contributed by atoms with E-state index in [0.717, 1.165) is 12.1 Å². The van der Waals surface area contributed by atoms with Crippen molar-refractivity contribution < 1.29 is 14.4 Å². The van der Waals surface area contributed by atoms with Crippen LogP contribution in [0.2, 0.25) is 0 Å². The van der Waals surface area contributed by atoms with Crippen LogP contribution in [0.25, 0.3) is 0 Å². The Morgan fingerprint density at radius 2 is 1.96 bits per heavy atom. The van der Waals surface area contributed by atoms with Crippen LogP contribution in [0, 0.1) is 30.6 Å². The van der Waals surface area contributed by atoms with Crippen LogP contribution in [0.1, 0.15) is 18.5 Å². The van der Waals surface area contributed by atoms with Gasteiger partial charge in [-0.2, -0.15) is 5.10 Å². The predicted molar refractivity (Wildman–Crippen MR) is 81.0 cm³/mol. The van der Waals surface area contributed by atoms with Crippen LogP contribution in [-0.2, 0) is 14.4 Å². The van der Waals surface area contributed by atoms with Crippen LogP contribution in [0.15, 0.2) is 18.2 Å². The fourth-order valence-electron chi connectivity index (χ4n) is 4.09. The second-order valence-electron chi connectivity index (χ2n) is 6.56. The standard InChI is InChI=1S/C16H18N4O3/c1-8-6-11(19-18-8)17-12(21)4-5-20-15(22)13-9-2-3-10(7-9)14(13)16(20)23/h2-3,6,9-10,13-14H,4-5,7H2,1H3,(H2,17,18,19,21). The molecule has 0 aromatic carbocycles. The zero-order valence-corrected chi connectivity index (χ0v) is 12.8. The third kappa shape index (κ3) is 2.18. The first-order valence-electron chi connectivity index (χ1n) is 7.90. The van der Waals surface area contributed by atoms with Crippen LogP contribution in [0.5, 0.6) is 0 Å². The Morgan fingerprint density at radius 3 is 2.52 bits per heavy atom. The van der Waals surface area contributed by atoms with Gasteiger partial charge >= 0.3 is 0 Å². The van der Waals surface area contributed by atoms with Gasteiger partial charge in [0.1, 0.15) is 0 Å². The molecule has 2 fully saturated rings. The highest BCUT2D eigenvalue weighted by molar-refractivity contribution is 6.06. The molecule has 2 heterocycles. The molecule has 1 aromatic rings. The second-order valence-corrected chi connectivity index (χ2v) is 6.56. The van der Waals surface area contributed by atoms with E-state index in [1.165, 1.54) is 4.90 Å². The van der Waals surface area contributed by atoms with E-state index in [-0.39, 0.29) is 54.4 Å². The SMILES string of the molecule is Cc1cc(NC(=O)CCN2C(=O)C3C4C=CC(C4)C3C2=O)n[nH]1. The molecular weight excluding hydrogens is 296 g/mol. The molecule has 2 aliphatic carbocycles. The van der Waals surface area contributed by atoms with E-state index in [2.05, 4.69) is 27.7 Å². The highest BCUT2D eigenvalue weighted by Crippen LogP contribution is 2.52. The number of nitrogens with zero attached hydrogens (tertiary/aromatic N) is 2. The number of likely N-dealkylation sites (tertiary alicyclic amines) is 1. The summed E-state index contributed by atoms with van der Waals surface area (Å²) in [5, 5.41) is 9.32. The summed E-state index contributed by atoms with van der Waals surface area (Å²) in [6, 6.07) is 1.72. The second kappa shape index (κ2) is 5.04. The maximum absolute atomic E-state index is 12.5. The van der Waals surface area contributed by atoms with Crippen LogP contribution in [0.4, 0.5) is 5.82 Å². The van der Waals surface area contributed by atoms with Crippen molar-refractivity contribution in [3.63, 3.8) is 0 Å². The summed E-state index contributed by atoms with van der Waals surface area (Å²) in [6.45, 7) is 1.98. The number of amides is 3. The number of rotatable bonds is 4. The van der Waals surface area contributed by atoms with Crippen LogP contribution in [0.3, 0.4) is 0 Å². The zero-order valence-electron chi connectivity index (χ0n) is 12.8. The number of carbonyl (C=O) groups excluding carboxylic acids is 3. The number of imide groups is 1. The summed E-state index contributed by atoms with van der Waals surface area (Å²) in [5.74, 6) is -0.0230. The van der Waals surface area contributed by atoms with Crippen LogP contribution < -0.4 is 5.32 Å². The van der Waals surface area contributed by atoms with Gasteiger partial charge in [-0.05, 0) is 25.2 Å². The Morgan fingerprint density at radius 1 is 1.30 bits per heavy atom. The van der Waals surface area contributed by atoms with Crippen molar-refractivity contribution in [2.24, 2.45) is 23.7 Å². The van der Waals surface area contributed by atoms with Crippen molar-refractivity contribution in [2.45, 2.75) is 19.8 Å². The van der Waals surface area contributed by atoms with Crippen LogP contribution >= 0.6 is 0 Å². The van der Waals surface area contributed by atoms with Gasteiger partial charge in [0.25, 0.3) is 0 Å². The molecule has 120 valence electrons. The van der Waals surface area contributed by atoms with E-state index in [9.17, 15) is 14.4 Å². The minimum atomic E-state index is -0.254. The molecule has 4 atom stereocenters. The minimum Gasteiger partial charge on any atom is -0.309 e. The smallest absolute Gasteiger partial charge is 0.233 e. The van der Waals surface area contributed by atoms with Crippen LogP contribution in [-0.4, -0.2) is 39.4 Å². The van der Waals surface area contributed by atoms with Gasteiger partial charge in [-0.15, -0.1) is 0 Å². The van der Waals surface area contributed by atoms with Crippen molar-refractivity contribution in [3.8, 4) is 0 Å². The van der Waals surface area contributed by atoms with Crippen molar-refractivity contribution in [1.82, 2.24) is 15.1 Å². The zero-order chi connectivity index (χ0) is 16.1. The van der Waals surface area contributed by atoms with Crippen molar-refractivity contribution in [2.75, 3.05) is 11.9 Å². The van der Waals surface area contributed by atoms with Gasteiger partial charge in [0.15, 0.2) is 5.82 Å². The fourth-order valence-corrected chi connectivity index (χ4v) is 4.09. The lowest BCUT2D eigenvalue weighted by Crippen LogP contribution is -2.35. The van der Waals surface area contributed by atoms with Gasteiger partial charge in [0.05, 0.1) is 11.8 Å². The normalized spacial score (nSPS) is 31.1. The molecule has 1 aromatic heterocycles. The van der Waals surface area contributed by atoms with E-state index < -0.39 is 0 Å². The highest BCUT2D eigenvalue weighted by Gasteiger charge is 2.58. The molecule has 4 rings (SSSR count). The molecule has 4 unspecified atom stereocenters. The van der Waals surface area contributed by atoms with Gasteiger partial charge in [-0.1, -0.05) is 12.2 Å². The van der Waals surface area contributed by atoms with E-state index in [1.807, 2.05) is 6.92 Å². The van der Waals surface area contributed by atoms with E-state index >= 15 is 0 Å². The lowest BCUT2D eigenvalue weighted by Gasteiger charge is -2.16. The molecule has 0 radical (unpaired) electrons. The molecule has 7 nitrogen and oxygen atoms in total. The monoisotopic (exact) mass is 314 g/mol. The molecule has 23 heavy (non-hydrogen) atoms. The first-order valence-corrected chi connectivity index (χ1v) is 7.90. The lowest BCUT2D eigenvalue weighted by molar-refractivity contribution is -0.140. The van der Waals surface area contributed by atoms with Gasteiger partial charge in [0, 0.05) is 24.7 Å². The number of aromatic amines is 1. The number of hydrogen-bond acceptors (Lipinski definition) is 4. The number of aryl methyl sites for hydroxylation is 1. The summed E-state index contributed by atoms with van der Waals surface area (Å²) >= 11 is 0. The highest BCUT2D eigenvalue weighted by atomic mass is 16.2. The van der Waals surface area contributed by atoms with Gasteiger partial charge < -0.3 is 5.32 Å². The maximum Gasteiger partial charge on any atom is 0.233 e. The average molecular weight is 314 g/mol. The predicted octanol–water partition coefficient (Wildman–Crippen LogP) is 0.854. The molecule has 1 saturated heterocycles. The Bertz CT molecular complexity index is 693. The summed E-state index contributed by atoms with van der Waals surface area (Å²) in [5.41, 5.74) is 0.848. The quantitative estimate of drug-likeness (QED) is 0.636. The first-order chi connectivity index (χ1) is 11.0. The molecule has 1 saturated carbocycles.